The molecule has 0 aliphatic rings. The number of carbonyl (C=O) groups is 1. The third-order valence-electron chi connectivity index (χ3n) is 3.60. The van der Waals surface area contributed by atoms with Crippen molar-refractivity contribution in [2.75, 3.05) is 5.32 Å². The van der Waals surface area contributed by atoms with E-state index in [1.54, 1.807) is 20.8 Å². The molecular formula is C18H20Cl3N3OS. The maximum absolute atomic E-state index is 12.2. The van der Waals surface area contributed by atoms with E-state index in [4.69, 9.17) is 47.0 Å². The Balaban J connectivity index is 2.15. The number of fused-ring (bicyclic) bond motifs is 1. The maximum atomic E-state index is 12.2. The van der Waals surface area contributed by atoms with Gasteiger partial charge in [-0.3, -0.25) is 4.79 Å². The van der Waals surface area contributed by atoms with Gasteiger partial charge in [0, 0.05) is 16.5 Å². The molecule has 0 radical (unpaired) electrons. The summed E-state index contributed by atoms with van der Waals surface area (Å²) in [7, 11) is 0. The number of amides is 1. The van der Waals surface area contributed by atoms with Gasteiger partial charge >= 0.3 is 0 Å². The molecule has 0 saturated carbocycles. The summed E-state index contributed by atoms with van der Waals surface area (Å²) in [5.41, 5.74) is 0.173. The average molecular weight is 433 g/mol. The highest BCUT2D eigenvalue weighted by molar-refractivity contribution is 7.80. The summed E-state index contributed by atoms with van der Waals surface area (Å²) in [6, 6.07) is 13.7. The summed E-state index contributed by atoms with van der Waals surface area (Å²) >= 11 is 23.3. The zero-order valence-corrected chi connectivity index (χ0v) is 17.7. The van der Waals surface area contributed by atoms with Crippen LogP contribution in [-0.2, 0) is 4.79 Å². The minimum atomic E-state index is -1.79. The van der Waals surface area contributed by atoms with Gasteiger partial charge in [-0.05, 0) is 23.7 Å². The van der Waals surface area contributed by atoms with E-state index in [9.17, 15) is 4.79 Å². The second kappa shape index (κ2) is 8.17. The molecule has 26 heavy (non-hydrogen) atoms. The molecule has 1 unspecified atom stereocenters. The molecule has 0 fully saturated rings. The average Bonchev–Trinajstić information content (AvgIpc) is 2.52. The fourth-order valence-corrected chi connectivity index (χ4v) is 2.73. The number of anilines is 1. The van der Waals surface area contributed by atoms with Gasteiger partial charge in [0.2, 0.25) is 9.70 Å². The number of hydrogen-bond acceptors (Lipinski definition) is 2. The molecule has 3 N–H and O–H groups in total. The third kappa shape index (κ3) is 5.61. The van der Waals surface area contributed by atoms with Crippen molar-refractivity contribution >= 4 is 74.5 Å². The quantitative estimate of drug-likeness (QED) is 0.363. The first-order chi connectivity index (χ1) is 12.0. The van der Waals surface area contributed by atoms with Gasteiger partial charge < -0.3 is 16.0 Å². The van der Waals surface area contributed by atoms with Crippen LogP contribution in [0.5, 0.6) is 0 Å². The van der Waals surface area contributed by atoms with Crippen LogP contribution in [0.25, 0.3) is 10.8 Å². The van der Waals surface area contributed by atoms with Crippen LogP contribution in [0.3, 0.4) is 0 Å². The Kier molecular flexibility index (Phi) is 6.61. The minimum absolute atomic E-state index is 0.229. The van der Waals surface area contributed by atoms with E-state index >= 15 is 0 Å². The molecule has 8 heteroatoms. The van der Waals surface area contributed by atoms with Crippen LogP contribution in [0.2, 0.25) is 0 Å². The van der Waals surface area contributed by atoms with Crippen LogP contribution in [-0.4, -0.2) is 21.0 Å². The molecular weight excluding hydrogens is 413 g/mol. The van der Waals surface area contributed by atoms with Gasteiger partial charge in [0.15, 0.2) is 5.11 Å². The maximum Gasteiger partial charge on any atom is 0.228 e. The molecule has 0 aromatic heterocycles. The monoisotopic (exact) mass is 431 g/mol. The second-order valence-electron chi connectivity index (χ2n) is 6.82. The van der Waals surface area contributed by atoms with Gasteiger partial charge in [-0.25, -0.2) is 0 Å². The van der Waals surface area contributed by atoms with Crippen molar-refractivity contribution in [1.29, 1.82) is 0 Å². The van der Waals surface area contributed by atoms with Crippen LogP contribution in [0, 0.1) is 5.41 Å². The number of halogens is 3. The molecule has 140 valence electrons. The molecule has 0 aliphatic carbocycles. The molecule has 1 atom stereocenters. The molecule has 0 aliphatic heterocycles. The first-order valence-electron chi connectivity index (χ1n) is 7.91. The molecule has 0 spiro atoms. The Morgan fingerprint density at radius 2 is 1.62 bits per heavy atom. The molecule has 1 amide bonds. The number of thiocarbonyl (C=S) groups is 1. The van der Waals surface area contributed by atoms with Crippen LogP contribution in [0.4, 0.5) is 5.69 Å². The Bertz CT molecular complexity index is 810. The minimum Gasteiger partial charge on any atom is -0.339 e. The molecule has 0 saturated heterocycles. The molecule has 0 heterocycles. The van der Waals surface area contributed by atoms with Gasteiger partial charge in [-0.2, -0.15) is 0 Å². The molecule has 4 nitrogen and oxygen atoms in total. The van der Waals surface area contributed by atoms with E-state index in [2.05, 4.69) is 16.0 Å². The van der Waals surface area contributed by atoms with Crippen molar-refractivity contribution in [2.24, 2.45) is 5.41 Å². The van der Waals surface area contributed by atoms with E-state index in [0.29, 0.717) is 0 Å². The first kappa shape index (κ1) is 21.0. The van der Waals surface area contributed by atoms with E-state index in [1.807, 2.05) is 42.5 Å². The van der Waals surface area contributed by atoms with Crippen molar-refractivity contribution < 1.29 is 4.79 Å². The normalized spacial score (nSPS) is 13.2. The predicted octanol–water partition coefficient (Wildman–Crippen LogP) is 4.98. The number of rotatable bonds is 3. The lowest BCUT2D eigenvalue weighted by atomic mass is 9.95. The predicted molar refractivity (Wildman–Crippen MR) is 115 cm³/mol. The molecule has 2 aromatic carbocycles. The Morgan fingerprint density at radius 1 is 1.00 bits per heavy atom. The van der Waals surface area contributed by atoms with Crippen molar-refractivity contribution in [2.45, 2.75) is 30.7 Å². The lowest BCUT2D eigenvalue weighted by molar-refractivity contribution is -0.129. The van der Waals surface area contributed by atoms with E-state index in [0.717, 1.165) is 16.5 Å². The highest BCUT2D eigenvalue weighted by atomic mass is 35.6. The fraction of sp³-hybridized carbons (Fsp3) is 0.333. The van der Waals surface area contributed by atoms with Gasteiger partial charge in [-0.15, -0.1) is 0 Å². The van der Waals surface area contributed by atoms with Crippen LogP contribution in [0.1, 0.15) is 20.8 Å². The number of hydrogen-bond donors (Lipinski definition) is 3. The lowest BCUT2D eigenvalue weighted by Gasteiger charge is -2.30. The van der Waals surface area contributed by atoms with E-state index < -0.39 is 15.4 Å². The lowest BCUT2D eigenvalue weighted by Crippen LogP contribution is -2.58. The Labute approximate surface area is 173 Å². The highest BCUT2D eigenvalue weighted by Crippen LogP contribution is 2.30. The van der Waals surface area contributed by atoms with Crippen molar-refractivity contribution in [3.63, 3.8) is 0 Å². The van der Waals surface area contributed by atoms with Crippen molar-refractivity contribution in [3.05, 3.63) is 42.5 Å². The van der Waals surface area contributed by atoms with Crippen LogP contribution < -0.4 is 16.0 Å². The zero-order valence-electron chi connectivity index (χ0n) is 14.6. The summed E-state index contributed by atoms with van der Waals surface area (Å²) in [6.07, 6.45) is -0.991. The van der Waals surface area contributed by atoms with Crippen molar-refractivity contribution in [1.82, 2.24) is 10.6 Å². The second-order valence-corrected chi connectivity index (χ2v) is 9.60. The number of benzene rings is 2. The summed E-state index contributed by atoms with van der Waals surface area (Å²) in [4.78, 5) is 12.2. The third-order valence-corrected chi connectivity index (χ3v) is 4.47. The smallest absolute Gasteiger partial charge is 0.228 e. The summed E-state index contributed by atoms with van der Waals surface area (Å²) in [5.74, 6) is -0.269. The van der Waals surface area contributed by atoms with Gasteiger partial charge in [-0.1, -0.05) is 92.0 Å². The van der Waals surface area contributed by atoms with Gasteiger partial charge in [0.25, 0.3) is 0 Å². The van der Waals surface area contributed by atoms with Crippen LogP contribution >= 0.6 is 47.0 Å². The fourth-order valence-electron chi connectivity index (χ4n) is 2.17. The molecule has 2 aromatic rings. The first-order valence-corrected chi connectivity index (χ1v) is 9.45. The number of nitrogens with one attached hydrogen (secondary N) is 3. The SMILES string of the molecule is CC(C)(C)C(=O)NC(NC(=S)Nc1cccc2ccccc12)C(Cl)(Cl)Cl. The van der Waals surface area contributed by atoms with Gasteiger partial charge in [0.05, 0.1) is 0 Å². The topological polar surface area (TPSA) is 53.2 Å². The van der Waals surface area contributed by atoms with Crippen molar-refractivity contribution in [3.8, 4) is 0 Å². The van der Waals surface area contributed by atoms with E-state index in [-0.39, 0.29) is 11.0 Å². The summed E-state index contributed by atoms with van der Waals surface area (Å²) in [6.45, 7) is 5.30. The van der Waals surface area contributed by atoms with Gasteiger partial charge in [0.1, 0.15) is 6.17 Å². The standard InChI is InChI=1S/C18H20Cl3N3OS/c1-17(2,3)15(25)23-14(18(19,20)21)24-16(26)22-13-10-6-8-11-7-4-5-9-12(11)13/h4-10,14H,1-3H3,(H,23,25)(H2,22,24,26). The number of alkyl halides is 3. The number of carbonyl (C=O) groups excluding carboxylic acids is 1. The van der Waals surface area contributed by atoms with E-state index in [1.165, 1.54) is 0 Å². The Hall–Kier alpha value is -1.27. The largest absolute Gasteiger partial charge is 0.339 e. The summed E-state index contributed by atoms with van der Waals surface area (Å²) < 4.78 is -1.79. The Morgan fingerprint density at radius 3 is 2.23 bits per heavy atom. The highest BCUT2D eigenvalue weighted by Gasteiger charge is 2.36. The molecule has 2 rings (SSSR count). The van der Waals surface area contributed by atoms with Crippen LogP contribution in [0.15, 0.2) is 42.5 Å². The summed E-state index contributed by atoms with van der Waals surface area (Å²) in [5, 5.41) is 10.9. The zero-order chi connectivity index (χ0) is 19.5. The molecule has 0 bridgehead atoms.